The van der Waals surface area contributed by atoms with Gasteiger partial charge in [-0.2, -0.15) is 0 Å². The average Bonchev–Trinajstić information content (AvgIpc) is 2.71. The van der Waals surface area contributed by atoms with Gasteiger partial charge in [-0.05, 0) is 37.6 Å². The molecule has 0 aliphatic heterocycles. The molecule has 0 saturated heterocycles. The number of halogens is 2. The lowest BCUT2D eigenvalue weighted by Gasteiger charge is -2.28. The molecule has 0 saturated carbocycles. The summed E-state index contributed by atoms with van der Waals surface area (Å²) in [5, 5.41) is 0.183. The van der Waals surface area contributed by atoms with Gasteiger partial charge in [0.1, 0.15) is 11.2 Å². The van der Waals surface area contributed by atoms with Crippen LogP contribution in [0, 0.1) is 0 Å². The highest BCUT2D eigenvalue weighted by atomic mass is 35.5. The van der Waals surface area contributed by atoms with Crippen molar-refractivity contribution in [2.45, 2.75) is 31.8 Å². The van der Waals surface area contributed by atoms with Crippen LogP contribution in [0.25, 0.3) is 10.9 Å². The third-order valence-corrected chi connectivity index (χ3v) is 5.55. The second-order valence-corrected chi connectivity index (χ2v) is 7.45. The van der Waals surface area contributed by atoms with Gasteiger partial charge in [-0.25, -0.2) is 4.98 Å². The predicted molar refractivity (Wildman–Crippen MR) is 113 cm³/mol. The Bertz CT molecular complexity index is 1070. The molecular weight excluding hydrogens is 397 g/mol. The number of carbonyl (C=O) groups is 1. The van der Waals surface area contributed by atoms with E-state index in [2.05, 4.69) is 4.98 Å². The normalized spacial score (nSPS) is 13.3. The van der Waals surface area contributed by atoms with Gasteiger partial charge in [-0.15, -0.1) is 11.6 Å². The van der Waals surface area contributed by atoms with Crippen molar-refractivity contribution in [1.82, 2.24) is 14.5 Å². The van der Waals surface area contributed by atoms with Crippen LogP contribution in [0.2, 0.25) is 5.02 Å². The summed E-state index contributed by atoms with van der Waals surface area (Å²) in [6, 6.07) is 13.7. The Kier molecular flexibility index (Phi) is 6.06. The van der Waals surface area contributed by atoms with Crippen molar-refractivity contribution in [3.05, 3.63) is 75.3 Å². The van der Waals surface area contributed by atoms with Crippen molar-refractivity contribution in [3.8, 4) is 0 Å². The van der Waals surface area contributed by atoms with Gasteiger partial charge in [-0.1, -0.05) is 41.9 Å². The number of benzene rings is 2. The maximum atomic E-state index is 12.9. The highest BCUT2D eigenvalue weighted by molar-refractivity contribution is 6.31. The van der Waals surface area contributed by atoms with E-state index in [9.17, 15) is 9.59 Å². The van der Waals surface area contributed by atoms with Crippen molar-refractivity contribution in [3.63, 3.8) is 0 Å². The Labute approximate surface area is 173 Å². The Hall–Kier alpha value is -2.37. The molecular formula is C21H21Cl2N3O2. The minimum atomic E-state index is -0.814. The van der Waals surface area contributed by atoms with E-state index in [0.717, 1.165) is 5.56 Å². The van der Waals surface area contributed by atoms with Crippen molar-refractivity contribution in [2.75, 3.05) is 7.05 Å². The Balaban J connectivity index is 2.01. The van der Waals surface area contributed by atoms with Crippen LogP contribution >= 0.6 is 23.2 Å². The van der Waals surface area contributed by atoms with Crippen LogP contribution in [-0.2, 0) is 11.3 Å². The fraction of sp³-hybridized carbons (Fsp3) is 0.286. The van der Waals surface area contributed by atoms with Crippen molar-refractivity contribution in [1.29, 1.82) is 0 Å². The van der Waals surface area contributed by atoms with Gasteiger partial charge in [0, 0.05) is 18.6 Å². The molecule has 7 heteroatoms. The number of amides is 1. The standard InChI is InChI=1S/C21H21Cl2N3O2/c1-4-26-19(24-17-12-15(22)10-11-16(17)20(26)27)13(2)25(3)21(28)18(23)14-8-6-5-7-9-14/h5-13,18H,4H2,1-3H3. The monoisotopic (exact) mass is 417 g/mol. The summed E-state index contributed by atoms with van der Waals surface area (Å²) in [7, 11) is 1.67. The molecule has 0 spiro atoms. The number of alkyl halides is 1. The molecule has 0 radical (unpaired) electrons. The number of likely N-dealkylation sites (N-methyl/N-ethyl adjacent to an activating group) is 1. The summed E-state index contributed by atoms with van der Waals surface area (Å²) in [6.45, 7) is 4.14. The van der Waals surface area contributed by atoms with Crippen LogP contribution < -0.4 is 5.56 Å². The van der Waals surface area contributed by atoms with Gasteiger partial charge in [0.05, 0.1) is 16.9 Å². The highest BCUT2D eigenvalue weighted by Crippen LogP contribution is 2.27. The van der Waals surface area contributed by atoms with E-state index in [1.54, 1.807) is 29.8 Å². The zero-order valence-electron chi connectivity index (χ0n) is 15.9. The van der Waals surface area contributed by atoms with Crippen molar-refractivity contribution >= 4 is 40.0 Å². The van der Waals surface area contributed by atoms with Crippen LogP contribution in [0.15, 0.2) is 53.3 Å². The molecule has 0 aliphatic rings. The average molecular weight is 418 g/mol. The zero-order chi connectivity index (χ0) is 20.4. The Morgan fingerprint density at radius 1 is 1.21 bits per heavy atom. The summed E-state index contributed by atoms with van der Waals surface area (Å²) < 4.78 is 1.58. The molecule has 1 aromatic heterocycles. The summed E-state index contributed by atoms with van der Waals surface area (Å²) in [4.78, 5) is 32.0. The van der Waals surface area contributed by atoms with E-state index < -0.39 is 11.4 Å². The molecule has 5 nitrogen and oxygen atoms in total. The lowest BCUT2D eigenvalue weighted by atomic mass is 10.1. The van der Waals surface area contributed by atoms with E-state index in [1.165, 1.54) is 4.90 Å². The zero-order valence-corrected chi connectivity index (χ0v) is 17.4. The topological polar surface area (TPSA) is 55.2 Å². The van der Waals surface area contributed by atoms with Crippen LogP contribution in [0.3, 0.4) is 0 Å². The molecule has 28 heavy (non-hydrogen) atoms. The molecule has 1 amide bonds. The Morgan fingerprint density at radius 2 is 1.89 bits per heavy atom. The smallest absolute Gasteiger partial charge is 0.261 e. The molecule has 146 valence electrons. The van der Waals surface area contributed by atoms with Gasteiger partial charge < -0.3 is 4.90 Å². The van der Waals surface area contributed by atoms with Gasteiger partial charge in [0.2, 0.25) is 5.91 Å². The van der Waals surface area contributed by atoms with Gasteiger partial charge >= 0.3 is 0 Å². The fourth-order valence-corrected chi connectivity index (χ4v) is 3.61. The third kappa shape index (κ3) is 3.77. The first-order chi connectivity index (χ1) is 13.3. The third-order valence-electron chi connectivity index (χ3n) is 4.87. The van der Waals surface area contributed by atoms with E-state index in [1.807, 2.05) is 44.2 Å². The van der Waals surface area contributed by atoms with Crippen LogP contribution in [0.5, 0.6) is 0 Å². The van der Waals surface area contributed by atoms with E-state index in [4.69, 9.17) is 23.2 Å². The molecule has 0 aliphatic carbocycles. The van der Waals surface area contributed by atoms with Gasteiger partial charge in [0.25, 0.3) is 5.56 Å². The second kappa shape index (κ2) is 8.33. The summed E-state index contributed by atoms with van der Waals surface area (Å²) in [5.41, 5.74) is 1.08. The second-order valence-electron chi connectivity index (χ2n) is 6.58. The first kappa shape index (κ1) is 20.4. The minimum absolute atomic E-state index is 0.155. The maximum absolute atomic E-state index is 12.9. The van der Waals surface area contributed by atoms with E-state index in [-0.39, 0.29) is 11.5 Å². The summed E-state index contributed by atoms with van der Waals surface area (Å²) >= 11 is 12.5. The molecule has 3 aromatic rings. The fourth-order valence-electron chi connectivity index (χ4n) is 3.14. The van der Waals surface area contributed by atoms with Gasteiger partial charge in [-0.3, -0.25) is 14.2 Å². The van der Waals surface area contributed by atoms with Crippen molar-refractivity contribution < 1.29 is 4.79 Å². The first-order valence-electron chi connectivity index (χ1n) is 9.00. The summed E-state index contributed by atoms with van der Waals surface area (Å²) in [5.74, 6) is 0.235. The maximum Gasteiger partial charge on any atom is 0.261 e. The highest BCUT2D eigenvalue weighted by Gasteiger charge is 2.28. The molecule has 0 fully saturated rings. The number of rotatable bonds is 5. The predicted octanol–water partition coefficient (Wildman–Crippen LogP) is 4.57. The summed E-state index contributed by atoms with van der Waals surface area (Å²) in [6.07, 6.45) is 0. The lowest BCUT2D eigenvalue weighted by Crippen LogP contribution is -2.36. The number of nitrogens with zero attached hydrogens (tertiary/aromatic N) is 3. The number of hydrogen-bond acceptors (Lipinski definition) is 3. The van der Waals surface area contributed by atoms with Crippen LogP contribution in [0.1, 0.15) is 36.7 Å². The van der Waals surface area contributed by atoms with E-state index >= 15 is 0 Å². The van der Waals surface area contributed by atoms with Crippen molar-refractivity contribution in [2.24, 2.45) is 0 Å². The van der Waals surface area contributed by atoms with E-state index in [0.29, 0.717) is 28.3 Å². The SMILES string of the molecule is CCn1c(C(C)N(C)C(=O)C(Cl)c2ccccc2)nc2cc(Cl)ccc2c1=O. The van der Waals surface area contributed by atoms with Gasteiger partial charge in [0.15, 0.2) is 0 Å². The quantitative estimate of drug-likeness (QED) is 0.571. The van der Waals surface area contributed by atoms with Crippen LogP contribution in [-0.4, -0.2) is 27.4 Å². The largest absolute Gasteiger partial charge is 0.334 e. The molecule has 3 rings (SSSR count). The number of aromatic nitrogens is 2. The molecule has 2 aromatic carbocycles. The Morgan fingerprint density at radius 3 is 2.54 bits per heavy atom. The molecule has 0 N–H and O–H groups in total. The molecule has 2 atom stereocenters. The number of hydrogen-bond donors (Lipinski definition) is 0. The number of fused-ring (bicyclic) bond motifs is 1. The van der Waals surface area contributed by atoms with Crippen LogP contribution in [0.4, 0.5) is 0 Å². The number of carbonyl (C=O) groups excluding carboxylic acids is 1. The minimum Gasteiger partial charge on any atom is -0.334 e. The lowest BCUT2D eigenvalue weighted by molar-refractivity contribution is -0.131. The molecule has 1 heterocycles. The molecule has 2 unspecified atom stereocenters. The first-order valence-corrected chi connectivity index (χ1v) is 9.82. The molecule has 0 bridgehead atoms.